The van der Waals surface area contributed by atoms with E-state index in [1.54, 1.807) is 13.0 Å². The van der Waals surface area contributed by atoms with Gasteiger partial charge in [0.15, 0.2) is 0 Å². The second-order valence-electron chi connectivity index (χ2n) is 4.37. The molecule has 16 heavy (non-hydrogen) atoms. The summed E-state index contributed by atoms with van der Waals surface area (Å²) in [5, 5.41) is 3.26. The van der Waals surface area contributed by atoms with Gasteiger partial charge in [0.2, 0.25) is 0 Å². The van der Waals surface area contributed by atoms with Crippen molar-refractivity contribution in [1.82, 2.24) is 0 Å². The highest BCUT2D eigenvalue weighted by atomic mass is 19.1. The molecule has 0 aliphatic heterocycles. The van der Waals surface area contributed by atoms with Crippen molar-refractivity contribution in [2.75, 3.05) is 11.1 Å². The van der Waals surface area contributed by atoms with Crippen LogP contribution in [0.5, 0.6) is 0 Å². The summed E-state index contributed by atoms with van der Waals surface area (Å²) in [6.07, 6.45) is 2.25. The first kappa shape index (κ1) is 12.8. The minimum absolute atomic E-state index is 0.135. The van der Waals surface area contributed by atoms with Crippen LogP contribution in [-0.2, 0) is 0 Å². The zero-order valence-electron chi connectivity index (χ0n) is 10.5. The molecule has 1 fully saturated rings. The van der Waals surface area contributed by atoms with E-state index in [0.717, 1.165) is 12.8 Å². The minimum atomic E-state index is -0.203. The molecule has 0 saturated heterocycles. The van der Waals surface area contributed by atoms with Crippen LogP contribution in [0.2, 0.25) is 0 Å². The van der Waals surface area contributed by atoms with E-state index in [1.807, 2.05) is 13.8 Å². The number of hydrogen-bond donors (Lipinski definition) is 2. The fourth-order valence-electron chi connectivity index (χ4n) is 1.45. The third-order valence-corrected chi connectivity index (χ3v) is 2.77. The Balaban J connectivity index is 0.000000606. The summed E-state index contributed by atoms with van der Waals surface area (Å²) in [6, 6.07) is 3.15. The molecule has 0 radical (unpaired) electrons. The van der Waals surface area contributed by atoms with Gasteiger partial charge in [-0.15, -0.1) is 0 Å². The second-order valence-corrected chi connectivity index (χ2v) is 4.37. The normalized spacial score (nSPS) is 16.1. The molecule has 1 saturated carbocycles. The highest BCUT2D eigenvalue weighted by molar-refractivity contribution is 5.68. The fraction of sp³-hybridized carbons (Fsp3) is 0.538. The van der Waals surface area contributed by atoms with Gasteiger partial charge in [-0.1, -0.05) is 13.8 Å². The molecule has 3 N–H and O–H groups in total. The Hall–Kier alpha value is -1.25. The third-order valence-electron chi connectivity index (χ3n) is 2.77. The van der Waals surface area contributed by atoms with E-state index in [1.165, 1.54) is 6.07 Å². The standard InChI is InChI=1S/C11H15FN2.C2H6/c1-7-5-9(13)10(6-8(7)12)14-11(2)3-4-11;1-2/h5-6,14H,3-4,13H2,1-2H3;1-2H3. The number of nitrogen functional groups attached to an aromatic ring is 1. The molecule has 1 aliphatic carbocycles. The summed E-state index contributed by atoms with van der Waals surface area (Å²) in [7, 11) is 0. The number of rotatable bonds is 2. The van der Waals surface area contributed by atoms with Crippen molar-refractivity contribution in [3.05, 3.63) is 23.5 Å². The Kier molecular flexibility index (Phi) is 3.79. The summed E-state index contributed by atoms with van der Waals surface area (Å²) in [4.78, 5) is 0. The number of anilines is 2. The number of nitrogens with two attached hydrogens (primary N) is 1. The van der Waals surface area contributed by atoms with E-state index in [9.17, 15) is 4.39 Å². The van der Waals surface area contributed by atoms with Crippen LogP contribution in [0, 0.1) is 12.7 Å². The van der Waals surface area contributed by atoms with Gasteiger partial charge in [-0.05, 0) is 44.4 Å². The van der Waals surface area contributed by atoms with Gasteiger partial charge in [0.05, 0.1) is 11.4 Å². The lowest BCUT2D eigenvalue weighted by Gasteiger charge is -2.15. The maximum atomic E-state index is 13.3. The summed E-state index contributed by atoms with van der Waals surface area (Å²) in [6.45, 7) is 7.83. The molecular formula is C13H21FN2. The second kappa shape index (κ2) is 4.73. The van der Waals surface area contributed by atoms with Crippen molar-refractivity contribution < 1.29 is 4.39 Å². The molecule has 90 valence electrons. The zero-order valence-corrected chi connectivity index (χ0v) is 10.5. The molecule has 0 unspecified atom stereocenters. The Morgan fingerprint density at radius 1 is 1.31 bits per heavy atom. The molecule has 1 aliphatic rings. The molecule has 0 amide bonds. The van der Waals surface area contributed by atoms with Crippen LogP contribution in [0.3, 0.4) is 0 Å². The molecule has 1 aromatic carbocycles. The van der Waals surface area contributed by atoms with Crippen LogP contribution in [-0.4, -0.2) is 5.54 Å². The summed E-state index contributed by atoms with van der Waals surface area (Å²) in [5.41, 5.74) is 7.86. The Bertz CT molecular complexity index is 370. The molecule has 0 atom stereocenters. The Morgan fingerprint density at radius 3 is 2.38 bits per heavy atom. The van der Waals surface area contributed by atoms with E-state index < -0.39 is 0 Å². The molecule has 0 bridgehead atoms. The third kappa shape index (κ3) is 2.87. The van der Waals surface area contributed by atoms with Crippen LogP contribution in [0.15, 0.2) is 12.1 Å². The van der Waals surface area contributed by atoms with E-state index in [4.69, 9.17) is 5.73 Å². The topological polar surface area (TPSA) is 38.0 Å². The van der Waals surface area contributed by atoms with Gasteiger partial charge in [0.25, 0.3) is 0 Å². The average Bonchev–Trinajstić information content (AvgIpc) is 2.96. The van der Waals surface area contributed by atoms with E-state index in [2.05, 4.69) is 12.2 Å². The predicted molar refractivity (Wildman–Crippen MR) is 68.2 cm³/mol. The van der Waals surface area contributed by atoms with Crippen LogP contribution < -0.4 is 11.1 Å². The average molecular weight is 224 g/mol. The van der Waals surface area contributed by atoms with E-state index in [-0.39, 0.29) is 11.4 Å². The summed E-state index contributed by atoms with van der Waals surface area (Å²) in [5.74, 6) is -0.203. The van der Waals surface area contributed by atoms with Gasteiger partial charge in [0, 0.05) is 5.54 Å². The van der Waals surface area contributed by atoms with E-state index in [0.29, 0.717) is 16.9 Å². The van der Waals surface area contributed by atoms with Gasteiger partial charge in [-0.3, -0.25) is 0 Å². The minimum Gasteiger partial charge on any atom is -0.397 e. The van der Waals surface area contributed by atoms with Crippen molar-refractivity contribution in [2.45, 2.75) is 46.1 Å². The maximum Gasteiger partial charge on any atom is 0.128 e. The largest absolute Gasteiger partial charge is 0.397 e. The first-order valence-corrected chi connectivity index (χ1v) is 5.84. The fourth-order valence-corrected chi connectivity index (χ4v) is 1.45. The van der Waals surface area contributed by atoms with Crippen LogP contribution in [0.1, 0.15) is 39.2 Å². The molecule has 0 heterocycles. The SMILES string of the molecule is CC.Cc1cc(N)c(NC2(C)CC2)cc1F. The maximum absolute atomic E-state index is 13.3. The zero-order chi connectivity index (χ0) is 12.3. The highest BCUT2D eigenvalue weighted by Crippen LogP contribution is 2.39. The van der Waals surface area contributed by atoms with Crippen LogP contribution in [0.25, 0.3) is 0 Å². The van der Waals surface area contributed by atoms with Gasteiger partial charge in [-0.2, -0.15) is 0 Å². The van der Waals surface area contributed by atoms with Crippen LogP contribution >= 0.6 is 0 Å². The van der Waals surface area contributed by atoms with Crippen molar-refractivity contribution in [3.63, 3.8) is 0 Å². The van der Waals surface area contributed by atoms with Crippen LogP contribution in [0.4, 0.5) is 15.8 Å². The first-order valence-electron chi connectivity index (χ1n) is 5.84. The lowest BCUT2D eigenvalue weighted by atomic mass is 10.1. The highest BCUT2D eigenvalue weighted by Gasteiger charge is 2.37. The predicted octanol–water partition coefficient (Wildman–Crippen LogP) is 3.71. The van der Waals surface area contributed by atoms with Crippen molar-refractivity contribution in [2.24, 2.45) is 0 Å². The molecule has 2 rings (SSSR count). The molecular weight excluding hydrogens is 203 g/mol. The number of aryl methyl sites for hydroxylation is 1. The van der Waals surface area contributed by atoms with E-state index >= 15 is 0 Å². The monoisotopic (exact) mass is 224 g/mol. The van der Waals surface area contributed by atoms with Crippen molar-refractivity contribution in [3.8, 4) is 0 Å². The quantitative estimate of drug-likeness (QED) is 0.751. The van der Waals surface area contributed by atoms with Crippen molar-refractivity contribution in [1.29, 1.82) is 0 Å². The lowest BCUT2D eigenvalue weighted by Crippen LogP contribution is -2.17. The number of benzene rings is 1. The number of halogens is 1. The summed E-state index contributed by atoms with van der Waals surface area (Å²) < 4.78 is 13.3. The lowest BCUT2D eigenvalue weighted by molar-refractivity contribution is 0.618. The van der Waals surface area contributed by atoms with Gasteiger partial charge < -0.3 is 11.1 Å². The smallest absolute Gasteiger partial charge is 0.128 e. The van der Waals surface area contributed by atoms with Gasteiger partial charge in [-0.25, -0.2) is 4.39 Å². The first-order chi connectivity index (χ1) is 7.50. The summed E-state index contributed by atoms with van der Waals surface area (Å²) >= 11 is 0. The molecule has 1 aromatic rings. The van der Waals surface area contributed by atoms with Gasteiger partial charge in [0.1, 0.15) is 5.82 Å². The van der Waals surface area contributed by atoms with Gasteiger partial charge >= 0.3 is 0 Å². The van der Waals surface area contributed by atoms with Crippen molar-refractivity contribution >= 4 is 11.4 Å². The Morgan fingerprint density at radius 2 is 1.88 bits per heavy atom. The molecule has 2 nitrogen and oxygen atoms in total. The Labute approximate surface area is 97.0 Å². The molecule has 3 heteroatoms. The molecule has 0 spiro atoms. The number of nitrogens with one attached hydrogen (secondary N) is 1. The molecule has 0 aromatic heterocycles. The number of hydrogen-bond acceptors (Lipinski definition) is 2.